The van der Waals surface area contributed by atoms with Gasteiger partial charge in [-0.15, -0.1) is 0 Å². The van der Waals surface area contributed by atoms with E-state index in [1.807, 2.05) is 13.8 Å². The fraction of sp³-hybridized carbons (Fsp3) is 0.810. The minimum atomic E-state index is -0.365. The van der Waals surface area contributed by atoms with Crippen LogP contribution in [-0.2, 0) is 19.1 Å². The molecule has 0 aliphatic heterocycles. The SMILES string of the molecule is CCCCCC/C(C(=O)OCCC)=C(\CC(C)(C)C)C(=O)OCCC. The van der Waals surface area contributed by atoms with Crippen molar-refractivity contribution in [2.75, 3.05) is 13.2 Å². The van der Waals surface area contributed by atoms with Crippen molar-refractivity contribution in [2.45, 2.75) is 92.9 Å². The van der Waals surface area contributed by atoms with Gasteiger partial charge in [-0.1, -0.05) is 60.8 Å². The molecule has 25 heavy (non-hydrogen) atoms. The smallest absolute Gasteiger partial charge is 0.334 e. The Morgan fingerprint density at radius 1 is 0.720 bits per heavy atom. The lowest BCUT2D eigenvalue weighted by molar-refractivity contribution is -0.142. The molecule has 4 heteroatoms. The molecule has 0 heterocycles. The van der Waals surface area contributed by atoms with E-state index < -0.39 is 0 Å². The molecule has 0 aromatic heterocycles. The molecular weight excluding hydrogens is 316 g/mol. The largest absolute Gasteiger partial charge is 0.462 e. The van der Waals surface area contributed by atoms with Crippen molar-refractivity contribution in [1.29, 1.82) is 0 Å². The summed E-state index contributed by atoms with van der Waals surface area (Å²) in [5.41, 5.74) is 0.902. The average molecular weight is 355 g/mol. The molecule has 0 unspecified atom stereocenters. The first-order valence-corrected chi connectivity index (χ1v) is 9.83. The van der Waals surface area contributed by atoms with Gasteiger partial charge in [0.2, 0.25) is 0 Å². The van der Waals surface area contributed by atoms with E-state index in [1.54, 1.807) is 0 Å². The Balaban J connectivity index is 5.56. The average Bonchev–Trinajstić information content (AvgIpc) is 2.55. The molecule has 0 fully saturated rings. The van der Waals surface area contributed by atoms with Crippen LogP contribution >= 0.6 is 0 Å². The summed E-state index contributed by atoms with van der Waals surface area (Å²) in [6.07, 6.45) is 6.82. The van der Waals surface area contributed by atoms with Crippen LogP contribution in [0.2, 0.25) is 0 Å². The highest BCUT2D eigenvalue weighted by atomic mass is 16.5. The van der Waals surface area contributed by atoms with E-state index in [9.17, 15) is 9.59 Å². The molecule has 0 atom stereocenters. The fourth-order valence-corrected chi connectivity index (χ4v) is 2.50. The highest BCUT2D eigenvalue weighted by molar-refractivity contribution is 6.00. The zero-order chi connectivity index (χ0) is 19.3. The monoisotopic (exact) mass is 354 g/mol. The summed E-state index contributed by atoms with van der Waals surface area (Å²) >= 11 is 0. The van der Waals surface area contributed by atoms with Gasteiger partial charge >= 0.3 is 11.9 Å². The Bertz CT molecular complexity index is 430. The molecule has 0 aliphatic rings. The second-order valence-corrected chi connectivity index (χ2v) is 7.78. The van der Waals surface area contributed by atoms with Crippen LogP contribution in [0.3, 0.4) is 0 Å². The Hall–Kier alpha value is -1.32. The quantitative estimate of drug-likeness (QED) is 0.260. The van der Waals surface area contributed by atoms with Crippen molar-refractivity contribution in [1.82, 2.24) is 0 Å². The molecule has 0 saturated heterocycles. The molecular formula is C21H38O4. The summed E-state index contributed by atoms with van der Waals surface area (Å²) in [4.78, 5) is 25.2. The highest BCUT2D eigenvalue weighted by Crippen LogP contribution is 2.29. The van der Waals surface area contributed by atoms with Gasteiger partial charge in [-0.3, -0.25) is 0 Å². The van der Waals surface area contributed by atoms with Gasteiger partial charge in [-0.25, -0.2) is 9.59 Å². The maximum atomic E-state index is 12.6. The summed E-state index contributed by atoms with van der Waals surface area (Å²) in [5, 5.41) is 0. The minimum Gasteiger partial charge on any atom is -0.462 e. The van der Waals surface area contributed by atoms with E-state index in [-0.39, 0.29) is 17.4 Å². The van der Waals surface area contributed by atoms with Gasteiger partial charge in [0.15, 0.2) is 0 Å². The third kappa shape index (κ3) is 11.0. The lowest BCUT2D eigenvalue weighted by Gasteiger charge is -2.22. The molecule has 0 spiro atoms. The fourth-order valence-electron chi connectivity index (χ4n) is 2.50. The molecule has 0 aromatic rings. The van der Waals surface area contributed by atoms with Crippen LogP contribution in [-0.4, -0.2) is 25.2 Å². The van der Waals surface area contributed by atoms with Crippen LogP contribution < -0.4 is 0 Å². The Kier molecular flexibility index (Phi) is 12.3. The minimum absolute atomic E-state index is 0.111. The number of hydrogen-bond donors (Lipinski definition) is 0. The lowest BCUT2D eigenvalue weighted by Crippen LogP contribution is -2.21. The number of esters is 2. The first-order chi connectivity index (χ1) is 11.8. The summed E-state index contributed by atoms with van der Waals surface area (Å²) in [7, 11) is 0. The molecule has 146 valence electrons. The van der Waals surface area contributed by atoms with Gasteiger partial charge in [-0.2, -0.15) is 0 Å². The van der Waals surface area contributed by atoms with Crippen LogP contribution in [0, 0.1) is 5.41 Å². The normalized spacial score (nSPS) is 12.6. The Labute approximate surface area is 154 Å². The van der Waals surface area contributed by atoms with E-state index >= 15 is 0 Å². The summed E-state index contributed by atoms with van der Waals surface area (Å²) in [6, 6.07) is 0. The number of hydrogen-bond acceptors (Lipinski definition) is 4. The van der Waals surface area contributed by atoms with Crippen molar-refractivity contribution in [3.8, 4) is 0 Å². The zero-order valence-corrected chi connectivity index (χ0v) is 17.2. The standard InChI is InChI=1S/C21H38O4/c1-7-10-11-12-13-17(19(22)24-14-8-2)18(16-21(4,5)6)20(23)25-15-9-3/h7-16H2,1-6H3/b18-17-. The van der Waals surface area contributed by atoms with Crippen LogP contribution in [0.1, 0.15) is 92.9 Å². The first kappa shape index (κ1) is 23.7. The second kappa shape index (κ2) is 13.0. The van der Waals surface area contributed by atoms with Gasteiger partial charge in [0.05, 0.1) is 13.2 Å². The zero-order valence-electron chi connectivity index (χ0n) is 17.2. The highest BCUT2D eigenvalue weighted by Gasteiger charge is 2.27. The van der Waals surface area contributed by atoms with Gasteiger partial charge in [0, 0.05) is 11.1 Å². The number of carbonyl (C=O) groups is 2. The van der Waals surface area contributed by atoms with Crippen LogP contribution in [0.4, 0.5) is 0 Å². The second-order valence-electron chi connectivity index (χ2n) is 7.78. The third-order valence-electron chi connectivity index (χ3n) is 3.72. The van der Waals surface area contributed by atoms with Crippen molar-refractivity contribution in [3.63, 3.8) is 0 Å². The maximum absolute atomic E-state index is 12.6. The van der Waals surface area contributed by atoms with E-state index in [0.29, 0.717) is 37.2 Å². The summed E-state index contributed by atoms with van der Waals surface area (Å²) < 4.78 is 10.7. The summed E-state index contributed by atoms with van der Waals surface area (Å²) in [6.45, 7) is 13.0. The third-order valence-corrected chi connectivity index (χ3v) is 3.72. The lowest BCUT2D eigenvalue weighted by atomic mass is 9.85. The molecule has 0 bridgehead atoms. The predicted molar refractivity (Wildman–Crippen MR) is 102 cm³/mol. The maximum Gasteiger partial charge on any atom is 0.334 e. The number of unbranched alkanes of at least 4 members (excludes halogenated alkanes) is 3. The number of carbonyl (C=O) groups excluding carboxylic acids is 2. The van der Waals surface area contributed by atoms with E-state index in [4.69, 9.17) is 9.47 Å². The molecule has 4 nitrogen and oxygen atoms in total. The van der Waals surface area contributed by atoms with E-state index in [2.05, 4.69) is 27.7 Å². The van der Waals surface area contributed by atoms with Crippen molar-refractivity contribution < 1.29 is 19.1 Å². The molecule has 0 rings (SSSR count). The first-order valence-electron chi connectivity index (χ1n) is 9.83. The van der Waals surface area contributed by atoms with Crippen LogP contribution in [0.15, 0.2) is 11.1 Å². The van der Waals surface area contributed by atoms with Crippen molar-refractivity contribution >= 4 is 11.9 Å². The summed E-state index contributed by atoms with van der Waals surface area (Å²) in [5.74, 6) is -0.721. The number of ether oxygens (including phenoxy) is 2. The van der Waals surface area contributed by atoms with Gasteiger partial charge in [-0.05, 0) is 37.5 Å². The van der Waals surface area contributed by atoms with Crippen molar-refractivity contribution in [2.24, 2.45) is 5.41 Å². The van der Waals surface area contributed by atoms with Crippen LogP contribution in [0.25, 0.3) is 0 Å². The molecule has 0 saturated carbocycles. The van der Waals surface area contributed by atoms with Crippen molar-refractivity contribution in [3.05, 3.63) is 11.1 Å². The van der Waals surface area contributed by atoms with Crippen LogP contribution in [0.5, 0.6) is 0 Å². The van der Waals surface area contributed by atoms with Gasteiger partial charge in [0.1, 0.15) is 0 Å². The molecule has 0 aromatic carbocycles. The Morgan fingerprint density at radius 3 is 1.68 bits per heavy atom. The Morgan fingerprint density at radius 2 is 1.24 bits per heavy atom. The van der Waals surface area contributed by atoms with E-state index in [1.165, 1.54) is 0 Å². The molecule has 0 radical (unpaired) electrons. The van der Waals surface area contributed by atoms with Gasteiger partial charge in [0.25, 0.3) is 0 Å². The topological polar surface area (TPSA) is 52.6 Å². The van der Waals surface area contributed by atoms with E-state index in [0.717, 1.165) is 38.5 Å². The predicted octanol–water partition coefficient (Wildman–Crippen LogP) is 5.60. The molecule has 0 aliphatic carbocycles. The molecule has 0 N–H and O–H groups in total. The van der Waals surface area contributed by atoms with Gasteiger partial charge < -0.3 is 9.47 Å². The number of rotatable bonds is 12. The molecule has 0 amide bonds.